The quantitative estimate of drug-likeness (QED) is 0.641. The van der Waals surface area contributed by atoms with Crippen LogP contribution in [0.25, 0.3) is 10.9 Å². The van der Waals surface area contributed by atoms with Gasteiger partial charge in [0, 0.05) is 43.8 Å². The van der Waals surface area contributed by atoms with Crippen molar-refractivity contribution in [2.24, 2.45) is 5.73 Å². The average molecular weight is 377 g/mol. The third kappa shape index (κ3) is 3.45. The fourth-order valence-electron chi connectivity index (χ4n) is 3.34. The number of piperazine rings is 1. The predicted octanol–water partition coefficient (Wildman–Crippen LogP) is 2.25. The van der Waals surface area contributed by atoms with Crippen molar-refractivity contribution in [1.82, 2.24) is 15.5 Å². The maximum absolute atomic E-state index is 14.4. The fraction of sp³-hybridized carbons (Fsp3) is 0.250. The maximum atomic E-state index is 14.4. The summed E-state index contributed by atoms with van der Waals surface area (Å²) in [6.07, 6.45) is 0. The van der Waals surface area contributed by atoms with Gasteiger partial charge in [-0.2, -0.15) is 5.26 Å². The fourth-order valence-corrected chi connectivity index (χ4v) is 3.34. The van der Waals surface area contributed by atoms with Gasteiger partial charge >= 0.3 is 0 Å². The zero-order chi connectivity index (χ0) is 19.5. The summed E-state index contributed by atoms with van der Waals surface area (Å²) in [7, 11) is 0. The molecule has 28 heavy (non-hydrogen) atoms. The van der Waals surface area contributed by atoms with Gasteiger partial charge in [-0.1, -0.05) is 6.07 Å². The summed E-state index contributed by atoms with van der Waals surface area (Å²) in [5.74, 6) is -0.436. The number of nitrogens with two attached hydrogens (primary N) is 1. The van der Waals surface area contributed by atoms with Crippen LogP contribution in [0.1, 0.15) is 11.3 Å². The minimum atomic E-state index is -0.436. The summed E-state index contributed by atoms with van der Waals surface area (Å²) in [4.78, 5) is 2.27. The topological polar surface area (TPSA) is 103 Å². The van der Waals surface area contributed by atoms with Gasteiger partial charge in [-0.25, -0.2) is 4.39 Å². The zero-order valence-corrected chi connectivity index (χ0v) is 15.2. The first-order valence-electron chi connectivity index (χ1n) is 9.11. The lowest BCUT2D eigenvalue weighted by Gasteiger charge is -2.29. The Labute approximate surface area is 162 Å². The molecule has 0 amide bonds. The van der Waals surface area contributed by atoms with Gasteiger partial charge in [0.15, 0.2) is 5.69 Å². The molecule has 1 fully saturated rings. The molecule has 3 aromatic rings. The second-order valence-corrected chi connectivity index (χ2v) is 6.62. The van der Waals surface area contributed by atoms with Crippen LogP contribution < -0.4 is 21.3 Å². The van der Waals surface area contributed by atoms with Crippen LogP contribution in [0.5, 0.6) is 0 Å². The molecule has 142 valence electrons. The van der Waals surface area contributed by atoms with E-state index in [1.165, 1.54) is 6.07 Å². The molecule has 4 rings (SSSR count). The molecule has 2 heterocycles. The molecule has 8 heteroatoms. The van der Waals surface area contributed by atoms with Gasteiger partial charge in [-0.15, -0.1) is 10.2 Å². The number of nitriles is 1. The molecule has 0 atom stereocenters. The van der Waals surface area contributed by atoms with E-state index in [0.717, 1.165) is 31.9 Å². The Morgan fingerprint density at radius 2 is 2.00 bits per heavy atom. The predicted molar refractivity (Wildman–Crippen MR) is 107 cm³/mol. The van der Waals surface area contributed by atoms with Gasteiger partial charge in [0.25, 0.3) is 0 Å². The number of hydrogen-bond donors (Lipinski definition) is 3. The van der Waals surface area contributed by atoms with Gasteiger partial charge < -0.3 is 21.3 Å². The Bertz CT molecular complexity index is 1050. The molecule has 1 aromatic heterocycles. The van der Waals surface area contributed by atoms with Crippen molar-refractivity contribution in [3.63, 3.8) is 0 Å². The summed E-state index contributed by atoms with van der Waals surface area (Å²) >= 11 is 0. The summed E-state index contributed by atoms with van der Waals surface area (Å²) < 4.78 is 14.4. The number of halogens is 1. The van der Waals surface area contributed by atoms with Crippen molar-refractivity contribution < 1.29 is 4.39 Å². The standard InChI is InChI=1S/C20H20FN7/c21-16-9-13(11-22)1-4-17(16)25-20-15-3-2-14(28-7-5-24-6-8-28)10-18(15)26-27-19(20)12-23/h1-4,9-10,24H,5-8,11,22H2,(H,25,26). The van der Waals surface area contributed by atoms with Crippen molar-refractivity contribution in [2.75, 3.05) is 36.4 Å². The molecular formula is C20H20FN7. The van der Waals surface area contributed by atoms with E-state index in [0.29, 0.717) is 22.2 Å². The van der Waals surface area contributed by atoms with Gasteiger partial charge in [0.05, 0.1) is 16.9 Å². The average Bonchev–Trinajstić information content (AvgIpc) is 2.75. The monoisotopic (exact) mass is 377 g/mol. The number of rotatable bonds is 4. The Balaban J connectivity index is 1.75. The van der Waals surface area contributed by atoms with Crippen LogP contribution in [0.4, 0.5) is 21.5 Å². The molecule has 1 saturated heterocycles. The summed E-state index contributed by atoms with van der Waals surface area (Å²) in [5, 5.41) is 24.7. The number of hydrogen-bond acceptors (Lipinski definition) is 7. The van der Waals surface area contributed by atoms with Crippen molar-refractivity contribution in [3.8, 4) is 6.07 Å². The van der Waals surface area contributed by atoms with Crippen molar-refractivity contribution in [2.45, 2.75) is 6.54 Å². The number of anilines is 3. The smallest absolute Gasteiger partial charge is 0.187 e. The second-order valence-electron chi connectivity index (χ2n) is 6.62. The van der Waals surface area contributed by atoms with Crippen LogP contribution in [0.3, 0.4) is 0 Å². The van der Waals surface area contributed by atoms with Crippen LogP contribution in [-0.2, 0) is 6.54 Å². The molecule has 1 aliphatic rings. The first kappa shape index (κ1) is 18.1. The number of nitrogens with zero attached hydrogens (tertiary/aromatic N) is 4. The highest BCUT2D eigenvalue weighted by Gasteiger charge is 2.16. The number of nitrogens with one attached hydrogen (secondary N) is 2. The van der Waals surface area contributed by atoms with Gasteiger partial charge in [0.2, 0.25) is 0 Å². The van der Waals surface area contributed by atoms with Gasteiger partial charge in [0.1, 0.15) is 11.9 Å². The van der Waals surface area contributed by atoms with E-state index < -0.39 is 5.82 Å². The van der Waals surface area contributed by atoms with E-state index in [2.05, 4.69) is 25.7 Å². The first-order valence-corrected chi connectivity index (χ1v) is 9.11. The highest BCUT2D eigenvalue weighted by Crippen LogP contribution is 2.31. The minimum Gasteiger partial charge on any atom is -0.369 e. The van der Waals surface area contributed by atoms with Crippen LogP contribution >= 0.6 is 0 Å². The van der Waals surface area contributed by atoms with Crippen LogP contribution in [0, 0.1) is 17.1 Å². The lowest BCUT2D eigenvalue weighted by molar-refractivity contribution is 0.589. The number of fused-ring (bicyclic) bond motifs is 1. The SMILES string of the molecule is N#Cc1nnc2cc(N3CCNCC3)ccc2c1Nc1ccc(CN)cc1F. The second kappa shape index (κ2) is 7.76. The van der Waals surface area contributed by atoms with E-state index in [4.69, 9.17) is 5.73 Å². The maximum Gasteiger partial charge on any atom is 0.187 e. The summed E-state index contributed by atoms with van der Waals surface area (Å²) in [6, 6.07) is 12.6. The Morgan fingerprint density at radius 1 is 1.18 bits per heavy atom. The zero-order valence-electron chi connectivity index (χ0n) is 15.2. The molecule has 0 unspecified atom stereocenters. The van der Waals surface area contributed by atoms with Crippen LogP contribution in [0.2, 0.25) is 0 Å². The Hall–Kier alpha value is -3.28. The van der Waals surface area contributed by atoms with E-state index in [1.54, 1.807) is 12.1 Å². The van der Waals surface area contributed by atoms with E-state index in [1.807, 2.05) is 24.3 Å². The number of aromatic nitrogens is 2. The van der Waals surface area contributed by atoms with Crippen molar-refractivity contribution >= 4 is 28.0 Å². The molecule has 4 N–H and O–H groups in total. The van der Waals surface area contributed by atoms with E-state index in [9.17, 15) is 9.65 Å². The minimum absolute atomic E-state index is 0.115. The summed E-state index contributed by atoms with van der Waals surface area (Å²) in [6.45, 7) is 3.96. The third-order valence-electron chi connectivity index (χ3n) is 4.86. The summed E-state index contributed by atoms with van der Waals surface area (Å²) in [5.41, 5.74) is 8.78. The third-order valence-corrected chi connectivity index (χ3v) is 4.86. The van der Waals surface area contributed by atoms with Crippen LogP contribution in [-0.4, -0.2) is 36.4 Å². The lowest BCUT2D eigenvalue weighted by atomic mass is 10.1. The first-order chi connectivity index (χ1) is 13.7. The molecule has 0 radical (unpaired) electrons. The highest BCUT2D eigenvalue weighted by molar-refractivity contribution is 5.96. The molecule has 1 aliphatic heterocycles. The van der Waals surface area contributed by atoms with E-state index >= 15 is 0 Å². The molecular weight excluding hydrogens is 357 g/mol. The Kier molecular flexibility index (Phi) is 5.02. The van der Waals surface area contributed by atoms with Gasteiger partial charge in [-0.05, 0) is 35.9 Å². The highest BCUT2D eigenvalue weighted by atomic mass is 19.1. The normalized spacial score (nSPS) is 14.1. The molecule has 0 aliphatic carbocycles. The van der Waals surface area contributed by atoms with Crippen molar-refractivity contribution in [1.29, 1.82) is 5.26 Å². The number of benzene rings is 2. The van der Waals surface area contributed by atoms with Crippen molar-refractivity contribution in [3.05, 3.63) is 53.5 Å². The van der Waals surface area contributed by atoms with Gasteiger partial charge in [-0.3, -0.25) is 0 Å². The largest absolute Gasteiger partial charge is 0.369 e. The Morgan fingerprint density at radius 3 is 2.71 bits per heavy atom. The van der Waals surface area contributed by atoms with Crippen LogP contribution in [0.15, 0.2) is 36.4 Å². The molecule has 0 saturated carbocycles. The lowest BCUT2D eigenvalue weighted by Crippen LogP contribution is -2.43. The van der Waals surface area contributed by atoms with E-state index in [-0.39, 0.29) is 17.9 Å². The molecule has 0 bridgehead atoms. The molecule has 2 aromatic carbocycles. The molecule has 7 nitrogen and oxygen atoms in total. The molecule has 0 spiro atoms.